The smallest absolute Gasteiger partial charge is 0.293 e. The fourth-order valence-electron chi connectivity index (χ4n) is 4.70. The van der Waals surface area contributed by atoms with Gasteiger partial charge in [0.25, 0.3) is 11.6 Å². The highest BCUT2D eigenvalue weighted by atomic mass is 19.1. The van der Waals surface area contributed by atoms with Gasteiger partial charge in [-0.15, -0.1) is 10.2 Å². The number of nitrogens with zero attached hydrogens (tertiary/aromatic N) is 5. The first-order valence-electron chi connectivity index (χ1n) is 11.6. The summed E-state index contributed by atoms with van der Waals surface area (Å²) in [6, 6.07) is 8.78. The summed E-state index contributed by atoms with van der Waals surface area (Å²) in [6.07, 6.45) is 5.87. The number of aryl methyl sites for hydroxylation is 1. The lowest BCUT2D eigenvalue weighted by molar-refractivity contribution is -0.384. The first kappa shape index (κ1) is 22.0. The molecule has 2 aromatic carbocycles. The first-order chi connectivity index (χ1) is 16.5. The summed E-state index contributed by atoms with van der Waals surface area (Å²) in [7, 11) is 0. The topological polar surface area (TPSA) is 106 Å². The number of aromatic nitrogens is 3. The normalized spacial score (nSPS) is 15.6. The largest absolute Gasteiger partial charge is 0.366 e. The Labute approximate surface area is 195 Å². The second kappa shape index (κ2) is 9.20. The molecular weight excluding hydrogens is 439 g/mol. The quantitative estimate of drug-likeness (QED) is 0.438. The Morgan fingerprint density at radius 3 is 2.59 bits per heavy atom. The highest BCUT2D eigenvalue weighted by Crippen LogP contribution is 2.32. The van der Waals surface area contributed by atoms with E-state index in [4.69, 9.17) is 0 Å². The third-order valence-corrected chi connectivity index (χ3v) is 6.46. The van der Waals surface area contributed by atoms with Crippen molar-refractivity contribution in [3.63, 3.8) is 0 Å². The van der Waals surface area contributed by atoms with E-state index in [2.05, 4.69) is 15.5 Å². The third-order valence-electron chi connectivity index (χ3n) is 6.46. The first-order valence-corrected chi connectivity index (χ1v) is 11.6. The molecule has 3 heterocycles. The van der Waals surface area contributed by atoms with E-state index in [1.54, 1.807) is 12.1 Å². The fraction of sp³-hybridized carbons (Fsp3) is 0.375. The molecule has 1 saturated heterocycles. The van der Waals surface area contributed by atoms with Crippen molar-refractivity contribution >= 4 is 23.0 Å². The van der Waals surface area contributed by atoms with Crippen molar-refractivity contribution in [3.8, 4) is 11.4 Å². The maximum Gasteiger partial charge on any atom is 0.293 e. The van der Waals surface area contributed by atoms with Gasteiger partial charge in [-0.2, -0.15) is 0 Å². The molecule has 1 amide bonds. The molecule has 1 fully saturated rings. The number of nitro benzene ring substituents is 1. The summed E-state index contributed by atoms with van der Waals surface area (Å²) in [4.78, 5) is 26.1. The van der Waals surface area contributed by atoms with E-state index in [0.29, 0.717) is 17.2 Å². The van der Waals surface area contributed by atoms with Crippen molar-refractivity contribution in [2.75, 3.05) is 23.3 Å². The van der Waals surface area contributed by atoms with Crippen molar-refractivity contribution in [2.45, 2.75) is 45.1 Å². The number of hydrogen-bond donors (Lipinski definition) is 1. The van der Waals surface area contributed by atoms with Crippen molar-refractivity contribution in [3.05, 3.63) is 63.7 Å². The molecule has 2 aliphatic heterocycles. The average Bonchev–Trinajstić information content (AvgIpc) is 3.45. The zero-order valence-corrected chi connectivity index (χ0v) is 18.7. The maximum atomic E-state index is 14.7. The number of benzene rings is 2. The minimum atomic E-state index is -0.506. The van der Waals surface area contributed by atoms with E-state index in [-0.39, 0.29) is 16.8 Å². The Kier molecular flexibility index (Phi) is 5.95. The zero-order chi connectivity index (χ0) is 23.7. The molecule has 1 aromatic heterocycles. The molecule has 0 atom stereocenters. The molecular formula is C24H25FN6O3. The molecule has 10 heteroatoms. The molecule has 9 nitrogen and oxygen atoms in total. The molecule has 0 spiro atoms. The van der Waals surface area contributed by atoms with Gasteiger partial charge >= 0.3 is 0 Å². The third kappa shape index (κ3) is 4.23. The Morgan fingerprint density at radius 1 is 1.00 bits per heavy atom. The van der Waals surface area contributed by atoms with Gasteiger partial charge in [0.1, 0.15) is 17.3 Å². The molecule has 3 aromatic rings. The summed E-state index contributed by atoms with van der Waals surface area (Å²) < 4.78 is 16.7. The molecule has 34 heavy (non-hydrogen) atoms. The second-order valence-electron chi connectivity index (χ2n) is 8.71. The van der Waals surface area contributed by atoms with Crippen LogP contribution in [-0.4, -0.2) is 38.7 Å². The highest BCUT2D eigenvalue weighted by molar-refractivity contribution is 6.05. The van der Waals surface area contributed by atoms with Crippen LogP contribution in [0, 0.1) is 15.9 Å². The van der Waals surface area contributed by atoms with Gasteiger partial charge in [-0.05, 0) is 56.0 Å². The lowest BCUT2D eigenvalue weighted by atomic mass is 10.1. The molecule has 5 rings (SSSR count). The summed E-state index contributed by atoms with van der Waals surface area (Å²) >= 11 is 0. The number of carbonyl (C=O) groups is 1. The predicted octanol–water partition coefficient (Wildman–Crippen LogP) is 4.57. The van der Waals surface area contributed by atoms with Crippen LogP contribution in [0.3, 0.4) is 0 Å². The summed E-state index contributed by atoms with van der Waals surface area (Å²) in [5, 5.41) is 22.8. The molecule has 0 saturated carbocycles. The number of fused-ring (bicyclic) bond motifs is 1. The van der Waals surface area contributed by atoms with Crippen LogP contribution in [0.15, 0.2) is 36.4 Å². The van der Waals surface area contributed by atoms with Crippen molar-refractivity contribution in [1.82, 2.24) is 14.8 Å². The zero-order valence-electron chi connectivity index (χ0n) is 18.7. The van der Waals surface area contributed by atoms with Crippen LogP contribution in [0.5, 0.6) is 0 Å². The van der Waals surface area contributed by atoms with Crippen LogP contribution >= 0.6 is 0 Å². The Morgan fingerprint density at radius 2 is 1.79 bits per heavy atom. The minimum Gasteiger partial charge on any atom is -0.366 e. The van der Waals surface area contributed by atoms with Crippen LogP contribution in [0.1, 0.15) is 48.3 Å². The van der Waals surface area contributed by atoms with Crippen molar-refractivity contribution in [1.29, 1.82) is 0 Å². The standard InChI is InChI=1S/C24H25FN6O3/c25-19-9-8-17(15-18(19)23-28-27-22-6-2-1-3-13-30(22)23)26-24(32)16-7-10-20(21(14-16)31(33)34)29-11-4-5-12-29/h7-10,14-15H,1-6,11-13H2,(H,26,32). The highest BCUT2D eigenvalue weighted by Gasteiger charge is 2.24. The van der Waals surface area contributed by atoms with E-state index < -0.39 is 16.6 Å². The van der Waals surface area contributed by atoms with Gasteiger partial charge in [0.2, 0.25) is 0 Å². The second-order valence-corrected chi connectivity index (χ2v) is 8.71. The van der Waals surface area contributed by atoms with Gasteiger partial charge in [-0.1, -0.05) is 6.42 Å². The molecule has 0 unspecified atom stereocenters. The van der Waals surface area contributed by atoms with E-state index in [9.17, 15) is 19.3 Å². The number of halogens is 1. The number of nitro groups is 1. The van der Waals surface area contributed by atoms with E-state index in [1.807, 2.05) is 9.47 Å². The Balaban J connectivity index is 1.41. The number of amides is 1. The Hall–Kier alpha value is -3.82. The van der Waals surface area contributed by atoms with Crippen LogP contribution in [0.2, 0.25) is 0 Å². The predicted molar refractivity (Wildman–Crippen MR) is 125 cm³/mol. The summed E-state index contributed by atoms with van der Waals surface area (Å²) in [5.74, 6) is 0.319. The van der Waals surface area contributed by atoms with Crippen LogP contribution in [0.25, 0.3) is 11.4 Å². The van der Waals surface area contributed by atoms with Crippen molar-refractivity contribution < 1.29 is 14.1 Å². The number of rotatable bonds is 5. The van der Waals surface area contributed by atoms with E-state index in [1.165, 1.54) is 24.3 Å². The van der Waals surface area contributed by atoms with Gasteiger partial charge < -0.3 is 14.8 Å². The fourth-order valence-corrected chi connectivity index (χ4v) is 4.70. The lowest BCUT2D eigenvalue weighted by Crippen LogP contribution is -2.19. The summed E-state index contributed by atoms with van der Waals surface area (Å²) in [5.41, 5.74) is 1.22. The van der Waals surface area contributed by atoms with Gasteiger partial charge in [0, 0.05) is 43.4 Å². The lowest BCUT2D eigenvalue weighted by Gasteiger charge is -2.18. The molecule has 176 valence electrons. The number of carbonyl (C=O) groups excluding carboxylic acids is 1. The molecule has 0 aliphatic carbocycles. The van der Waals surface area contributed by atoms with Gasteiger partial charge in [0.15, 0.2) is 5.82 Å². The van der Waals surface area contributed by atoms with Crippen LogP contribution < -0.4 is 10.2 Å². The van der Waals surface area contributed by atoms with Crippen LogP contribution in [0.4, 0.5) is 21.5 Å². The maximum absolute atomic E-state index is 14.7. The average molecular weight is 465 g/mol. The monoisotopic (exact) mass is 464 g/mol. The minimum absolute atomic E-state index is 0.0968. The molecule has 0 radical (unpaired) electrons. The molecule has 2 aliphatic rings. The number of nitrogens with one attached hydrogen (secondary N) is 1. The van der Waals surface area contributed by atoms with Gasteiger partial charge in [-0.25, -0.2) is 4.39 Å². The molecule has 0 bridgehead atoms. The Bertz CT molecular complexity index is 1250. The van der Waals surface area contributed by atoms with E-state index >= 15 is 0 Å². The SMILES string of the molecule is O=C(Nc1ccc(F)c(-c2nnc3n2CCCCC3)c1)c1ccc(N2CCCC2)c([N+](=O)[O-])c1. The molecule has 1 N–H and O–H groups in total. The number of anilines is 2. The van der Waals surface area contributed by atoms with E-state index in [0.717, 1.165) is 64.0 Å². The number of hydrogen-bond acceptors (Lipinski definition) is 6. The van der Waals surface area contributed by atoms with Gasteiger partial charge in [-0.3, -0.25) is 14.9 Å². The van der Waals surface area contributed by atoms with Gasteiger partial charge in [0.05, 0.1) is 10.5 Å². The van der Waals surface area contributed by atoms with Crippen molar-refractivity contribution in [2.24, 2.45) is 0 Å². The summed E-state index contributed by atoms with van der Waals surface area (Å²) in [6.45, 7) is 2.24. The van der Waals surface area contributed by atoms with Crippen LogP contribution in [-0.2, 0) is 13.0 Å².